The fraction of sp³-hybridized carbons (Fsp3) is 0.205. The summed E-state index contributed by atoms with van der Waals surface area (Å²) in [7, 11) is -17.1. The van der Waals surface area contributed by atoms with Crippen LogP contribution in [-0.2, 0) is 40.3 Å². The molecular formula is C39H40N4O11S4. The Morgan fingerprint density at radius 3 is 1.84 bits per heavy atom. The Kier molecular flexibility index (Phi) is 10.8. The van der Waals surface area contributed by atoms with Crippen molar-refractivity contribution in [2.45, 2.75) is 51.3 Å². The Bertz CT molecular complexity index is 3210. The third-order valence-corrected chi connectivity index (χ3v) is 12.8. The van der Waals surface area contributed by atoms with Crippen molar-refractivity contribution in [3.8, 4) is 22.5 Å². The average molecular weight is 869 g/mol. The highest BCUT2D eigenvalue weighted by Crippen LogP contribution is 2.44. The molecule has 4 aromatic rings. The molecule has 1 aliphatic heterocycles. The van der Waals surface area contributed by atoms with Crippen LogP contribution in [0.5, 0.6) is 0 Å². The molecule has 0 radical (unpaired) electrons. The van der Waals surface area contributed by atoms with Gasteiger partial charge in [-0.05, 0) is 105 Å². The van der Waals surface area contributed by atoms with Gasteiger partial charge < -0.3 is 9.73 Å². The van der Waals surface area contributed by atoms with Gasteiger partial charge in [0, 0.05) is 45.6 Å². The number of sulfonamides is 2. The van der Waals surface area contributed by atoms with Gasteiger partial charge in [-0.25, -0.2) is 21.8 Å². The fourth-order valence-electron chi connectivity index (χ4n) is 7.28. The molecule has 0 amide bonds. The van der Waals surface area contributed by atoms with Gasteiger partial charge in [-0.3, -0.25) is 18.5 Å². The van der Waals surface area contributed by atoms with E-state index < -0.39 is 45.2 Å². The summed E-state index contributed by atoms with van der Waals surface area (Å²) >= 11 is 0. The number of hydrogen-bond donors (Lipinski definition) is 5. The second-order valence-corrected chi connectivity index (χ2v) is 20.4. The Hall–Kier alpha value is -5.31. The number of aryl methyl sites for hydroxylation is 2. The van der Waals surface area contributed by atoms with Gasteiger partial charge in [-0.2, -0.15) is 16.8 Å². The SMILES string of the molecule is Cc1cc(C)c(NS(C)(=O)=O)c(C)c1Nc1ccc2c(-c3ccccc3S(=O)(=O)O)c3cc/c(=N\c4c(C)c(NS(C)(=O)=O)c(C)c(S(=O)(=O)O)c4C)cc-3oc2c1. The molecule has 1 heterocycles. The van der Waals surface area contributed by atoms with Crippen LogP contribution < -0.4 is 20.1 Å². The summed E-state index contributed by atoms with van der Waals surface area (Å²) in [5.74, 6) is 0.195. The molecule has 1 aliphatic carbocycles. The molecule has 0 atom stereocenters. The van der Waals surface area contributed by atoms with E-state index in [1.165, 1.54) is 32.0 Å². The van der Waals surface area contributed by atoms with E-state index in [0.717, 1.165) is 23.6 Å². The van der Waals surface area contributed by atoms with E-state index in [-0.39, 0.29) is 55.2 Å². The first-order chi connectivity index (χ1) is 26.7. The molecule has 5 N–H and O–H groups in total. The highest BCUT2D eigenvalue weighted by molar-refractivity contribution is 7.92. The third-order valence-electron chi connectivity index (χ3n) is 9.60. The van der Waals surface area contributed by atoms with E-state index in [4.69, 9.17) is 9.41 Å². The molecule has 0 fully saturated rings. The molecule has 4 aromatic carbocycles. The van der Waals surface area contributed by atoms with Crippen LogP contribution in [0, 0.1) is 41.5 Å². The lowest BCUT2D eigenvalue weighted by atomic mass is 9.93. The molecule has 58 heavy (non-hydrogen) atoms. The predicted octanol–water partition coefficient (Wildman–Crippen LogP) is 7.27. The summed E-state index contributed by atoms with van der Waals surface area (Å²) in [4.78, 5) is 3.83. The first-order valence-corrected chi connectivity index (χ1v) is 24.0. The summed E-state index contributed by atoms with van der Waals surface area (Å²) in [5.41, 5.74) is 5.32. The molecule has 306 valence electrons. The number of nitrogens with zero attached hydrogens (tertiary/aromatic N) is 1. The van der Waals surface area contributed by atoms with Crippen molar-refractivity contribution in [1.82, 2.24) is 0 Å². The van der Waals surface area contributed by atoms with Crippen molar-refractivity contribution in [1.29, 1.82) is 0 Å². The van der Waals surface area contributed by atoms with Gasteiger partial charge in [-0.1, -0.05) is 24.3 Å². The highest BCUT2D eigenvalue weighted by Gasteiger charge is 2.27. The van der Waals surface area contributed by atoms with Crippen LogP contribution in [0.25, 0.3) is 33.4 Å². The van der Waals surface area contributed by atoms with Gasteiger partial charge in [0.25, 0.3) is 20.2 Å². The van der Waals surface area contributed by atoms with Crippen LogP contribution in [0.15, 0.2) is 85.9 Å². The standard InChI is InChI=1S/C39H40N4O11S4/c1-20-17-21(2)36(42-55(7,44)45)22(3)35(20)40-26-13-15-28-31(18-26)54-32-19-27(14-16-29(32)34(28)30-11-9-10-12-33(30)57(48,49)50)41-37-23(4)38(43-56(8,46)47)25(6)39(24(37)5)58(51,52)53/h9-19,40,42-43H,1-8H3,(H,48,49,50)(H,51,52,53)/b41-27+. The monoisotopic (exact) mass is 868 g/mol. The maximum absolute atomic E-state index is 12.7. The molecule has 19 heteroatoms. The van der Waals surface area contributed by atoms with Gasteiger partial charge in [0.15, 0.2) is 0 Å². The zero-order chi connectivity index (χ0) is 42.9. The number of anilines is 4. The van der Waals surface area contributed by atoms with E-state index >= 15 is 0 Å². The van der Waals surface area contributed by atoms with Crippen molar-refractivity contribution in [3.63, 3.8) is 0 Å². The second kappa shape index (κ2) is 14.8. The number of nitrogens with one attached hydrogen (secondary N) is 3. The van der Waals surface area contributed by atoms with E-state index in [9.17, 15) is 42.8 Å². The summed E-state index contributed by atoms with van der Waals surface area (Å²) in [5, 5.41) is 4.05. The Morgan fingerprint density at radius 1 is 0.603 bits per heavy atom. The van der Waals surface area contributed by atoms with Crippen LogP contribution in [0.1, 0.15) is 33.4 Å². The van der Waals surface area contributed by atoms with Crippen molar-refractivity contribution >= 4 is 79.7 Å². The van der Waals surface area contributed by atoms with Gasteiger partial charge >= 0.3 is 0 Å². The highest BCUT2D eigenvalue weighted by atomic mass is 32.2. The van der Waals surface area contributed by atoms with Crippen molar-refractivity contribution in [3.05, 3.63) is 105 Å². The number of benzene rings is 5. The molecule has 6 rings (SSSR count). The van der Waals surface area contributed by atoms with Gasteiger partial charge in [0.1, 0.15) is 21.1 Å². The number of fused-ring (bicyclic) bond motifs is 2. The molecule has 0 spiro atoms. The van der Waals surface area contributed by atoms with Crippen molar-refractivity contribution in [2.24, 2.45) is 4.99 Å². The normalized spacial score (nSPS) is 13.0. The minimum Gasteiger partial charge on any atom is -0.456 e. The maximum Gasteiger partial charge on any atom is 0.295 e. The smallest absolute Gasteiger partial charge is 0.295 e. The molecule has 0 aromatic heterocycles. The molecular weight excluding hydrogens is 829 g/mol. The lowest BCUT2D eigenvalue weighted by Crippen LogP contribution is -2.15. The molecule has 0 bridgehead atoms. The summed E-state index contributed by atoms with van der Waals surface area (Å²) in [6, 6.07) is 17.6. The Morgan fingerprint density at radius 2 is 1.22 bits per heavy atom. The van der Waals surface area contributed by atoms with Crippen molar-refractivity contribution in [2.75, 3.05) is 27.3 Å². The van der Waals surface area contributed by atoms with Crippen LogP contribution in [0.4, 0.5) is 28.4 Å². The average Bonchev–Trinajstić information content (AvgIpc) is 3.09. The second-order valence-electron chi connectivity index (χ2n) is 14.1. The number of hydrogen-bond acceptors (Lipinski definition) is 11. The minimum absolute atomic E-state index is 0.0210. The molecule has 15 nitrogen and oxygen atoms in total. The lowest BCUT2D eigenvalue weighted by molar-refractivity contribution is 0.480. The van der Waals surface area contributed by atoms with Crippen LogP contribution >= 0.6 is 0 Å². The molecule has 0 saturated carbocycles. The molecule has 2 aliphatic rings. The van der Waals surface area contributed by atoms with E-state index in [1.54, 1.807) is 63.2 Å². The molecule has 0 unspecified atom stereocenters. The van der Waals surface area contributed by atoms with Gasteiger partial charge in [0.2, 0.25) is 20.0 Å². The lowest BCUT2D eigenvalue weighted by Gasteiger charge is -2.20. The number of rotatable bonds is 10. The minimum atomic E-state index is -4.85. The zero-order valence-corrected chi connectivity index (χ0v) is 35.8. The first kappa shape index (κ1) is 42.3. The Labute approximate surface area is 336 Å². The van der Waals surface area contributed by atoms with E-state index in [2.05, 4.69) is 14.8 Å². The topological polar surface area (TPSA) is 239 Å². The first-order valence-electron chi connectivity index (χ1n) is 17.3. The van der Waals surface area contributed by atoms with Crippen molar-refractivity contribution < 1.29 is 47.2 Å². The van der Waals surface area contributed by atoms with Crippen LogP contribution in [-0.4, -0.2) is 55.3 Å². The van der Waals surface area contributed by atoms with E-state index in [0.29, 0.717) is 39.1 Å². The zero-order valence-electron chi connectivity index (χ0n) is 32.5. The van der Waals surface area contributed by atoms with Crippen LogP contribution in [0.3, 0.4) is 0 Å². The summed E-state index contributed by atoms with van der Waals surface area (Å²) in [6.45, 7) is 9.79. The third kappa shape index (κ3) is 8.45. The maximum atomic E-state index is 12.7. The summed E-state index contributed by atoms with van der Waals surface area (Å²) in [6.07, 6.45) is 1.97. The van der Waals surface area contributed by atoms with E-state index in [1.807, 2.05) is 13.0 Å². The van der Waals surface area contributed by atoms with Gasteiger partial charge in [-0.15, -0.1) is 0 Å². The van der Waals surface area contributed by atoms with Gasteiger partial charge in [0.05, 0.1) is 34.9 Å². The Balaban J connectivity index is 1.65. The molecule has 0 saturated heterocycles. The predicted molar refractivity (Wildman–Crippen MR) is 225 cm³/mol. The van der Waals surface area contributed by atoms with Crippen LogP contribution in [0.2, 0.25) is 0 Å². The fourth-order valence-corrected chi connectivity index (χ4v) is 10.3. The summed E-state index contributed by atoms with van der Waals surface area (Å²) < 4.78 is 131. The largest absolute Gasteiger partial charge is 0.456 e. The quantitative estimate of drug-likeness (QED) is 0.0675.